The number of esters is 1. The number of fused-ring (bicyclic) bond motifs is 1. The summed E-state index contributed by atoms with van der Waals surface area (Å²) < 4.78 is 4.78. The molecule has 4 heteroatoms. The molecule has 0 spiro atoms. The quantitative estimate of drug-likeness (QED) is 0.861. The van der Waals surface area contributed by atoms with Crippen molar-refractivity contribution in [3.63, 3.8) is 0 Å². The zero-order valence-corrected chi connectivity index (χ0v) is 11.7. The largest absolute Gasteiger partial charge is 0.465 e. The number of aryl methyl sites for hydroxylation is 1. The summed E-state index contributed by atoms with van der Waals surface area (Å²) in [5, 5.41) is 0. The highest BCUT2D eigenvalue weighted by molar-refractivity contribution is 5.92. The van der Waals surface area contributed by atoms with Crippen LogP contribution in [0.25, 0.3) is 5.57 Å². The van der Waals surface area contributed by atoms with E-state index < -0.39 is 0 Å². The van der Waals surface area contributed by atoms with Gasteiger partial charge in [-0.2, -0.15) is 0 Å². The van der Waals surface area contributed by atoms with Gasteiger partial charge in [0.1, 0.15) is 0 Å². The van der Waals surface area contributed by atoms with Gasteiger partial charge in [-0.05, 0) is 53.3 Å². The van der Waals surface area contributed by atoms with Crippen molar-refractivity contribution in [3.8, 4) is 0 Å². The Kier molecular flexibility index (Phi) is 3.44. The number of ether oxygens (including phenoxy) is 1. The van der Waals surface area contributed by atoms with Gasteiger partial charge in [-0.1, -0.05) is 12.1 Å². The third-order valence-corrected chi connectivity index (χ3v) is 3.68. The molecule has 1 aliphatic rings. The summed E-state index contributed by atoms with van der Waals surface area (Å²) in [7, 11) is 1.38. The van der Waals surface area contributed by atoms with E-state index in [1.807, 2.05) is 12.1 Å². The van der Waals surface area contributed by atoms with Crippen LogP contribution in [0, 0.1) is 0 Å². The van der Waals surface area contributed by atoms with Gasteiger partial charge in [0.25, 0.3) is 0 Å². The number of benzene rings is 1. The predicted octanol–water partition coefficient (Wildman–Crippen LogP) is 2.54. The molecule has 1 aliphatic carbocycles. The highest BCUT2D eigenvalue weighted by atomic mass is 16.5. The average Bonchev–Trinajstić information content (AvgIpc) is 2.54. The first-order valence-corrected chi connectivity index (χ1v) is 6.80. The maximum atomic E-state index is 11.7. The average molecular weight is 281 g/mol. The molecule has 106 valence electrons. The van der Waals surface area contributed by atoms with Crippen molar-refractivity contribution in [2.24, 2.45) is 0 Å². The number of carbonyl (C=O) groups is 1. The Balaban J connectivity index is 2.10. The molecule has 0 saturated carbocycles. The lowest BCUT2D eigenvalue weighted by Gasteiger charge is -2.18. The number of H-pyrrole nitrogens is 1. The Labute approximate surface area is 122 Å². The fraction of sp³-hybridized carbons (Fsp3) is 0.176. The molecule has 0 radical (unpaired) electrons. The van der Waals surface area contributed by atoms with Crippen LogP contribution in [0.1, 0.15) is 33.5 Å². The molecule has 21 heavy (non-hydrogen) atoms. The molecule has 1 N–H and O–H groups in total. The molecular formula is C17H15NO3. The van der Waals surface area contributed by atoms with E-state index in [1.165, 1.54) is 18.7 Å². The normalized spacial score (nSPS) is 13.3. The van der Waals surface area contributed by atoms with E-state index in [9.17, 15) is 9.59 Å². The SMILES string of the molecule is COC(=O)c1ccc2c(c1)C(c1ccc(=O)[nH]c1)=CCC2. The van der Waals surface area contributed by atoms with Gasteiger partial charge in [0, 0.05) is 12.3 Å². The number of pyridine rings is 1. The van der Waals surface area contributed by atoms with E-state index in [2.05, 4.69) is 11.1 Å². The second-order valence-electron chi connectivity index (χ2n) is 4.96. The molecular weight excluding hydrogens is 266 g/mol. The molecule has 1 aromatic heterocycles. The second kappa shape index (κ2) is 5.40. The first kappa shape index (κ1) is 13.4. The fourth-order valence-electron chi connectivity index (χ4n) is 2.62. The number of nitrogens with one attached hydrogen (secondary N) is 1. The van der Waals surface area contributed by atoms with Gasteiger partial charge in [0.15, 0.2) is 0 Å². The Morgan fingerprint density at radius 2 is 2.10 bits per heavy atom. The lowest BCUT2D eigenvalue weighted by Crippen LogP contribution is -2.08. The highest BCUT2D eigenvalue weighted by Gasteiger charge is 2.17. The van der Waals surface area contributed by atoms with Gasteiger partial charge in [-0.25, -0.2) is 4.79 Å². The molecule has 0 unspecified atom stereocenters. The summed E-state index contributed by atoms with van der Waals surface area (Å²) in [6.45, 7) is 0. The first-order chi connectivity index (χ1) is 10.2. The van der Waals surface area contributed by atoms with Crippen molar-refractivity contribution in [1.82, 2.24) is 4.98 Å². The third-order valence-electron chi connectivity index (χ3n) is 3.68. The van der Waals surface area contributed by atoms with Gasteiger partial charge in [-0.3, -0.25) is 4.79 Å². The summed E-state index contributed by atoms with van der Waals surface area (Å²) >= 11 is 0. The molecule has 1 aromatic carbocycles. The van der Waals surface area contributed by atoms with Crippen molar-refractivity contribution in [3.05, 3.63) is 75.2 Å². The highest BCUT2D eigenvalue weighted by Crippen LogP contribution is 2.31. The standard InChI is InChI=1S/C17H15NO3/c1-21-17(20)12-6-5-11-3-2-4-14(15(11)9-12)13-7-8-16(19)18-10-13/h4-10H,2-3H2,1H3,(H,18,19). The Hall–Kier alpha value is -2.62. The summed E-state index contributed by atoms with van der Waals surface area (Å²) in [5.41, 5.74) is 4.62. The molecule has 0 amide bonds. The number of allylic oxidation sites excluding steroid dienone is 1. The fourth-order valence-corrected chi connectivity index (χ4v) is 2.62. The molecule has 0 aliphatic heterocycles. The second-order valence-corrected chi connectivity index (χ2v) is 4.96. The Morgan fingerprint density at radius 1 is 1.24 bits per heavy atom. The van der Waals surface area contributed by atoms with Crippen LogP contribution < -0.4 is 5.56 Å². The van der Waals surface area contributed by atoms with Crippen molar-refractivity contribution >= 4 is 11.5 Å². The van der Waals surface area contributed by atoms with Crippen molar-refractivity contribution in [2.75, 3.05) is 7.11 Å². The number of aromatic nitrogens is 1. The zero-order valence-electron chi connectivity index (χ0n) is 11.7. The number of carbonyl (C=O) groups excluding carboxylic acids is 1. The minimum atomic E-state index is -0.343. The number of methoxy groups -OCH3 is 1. The van der Waals surface area contributed by atoms with Gasteiger partial charge in [-0.15, -0.1) is 0 Å². The van der Waals surface area contributed by atoms with Crippen molar-refractivity contribution < 1.29 is 9.53 Å². The molecule has 0 fully saturated rings. The minimum absolute atomic E-state index is 0.126. The van der Waals surface area contributed by atoms with E-state index in [1.54, 1.807) is 18.3 Å². The molecule has 0 saturated heterocycles. The number of hydrogen-bond acceptors (Lipinski definition) is 3. The summed E-state index contributed by atoms with van der Waals surface area (Å²) in [6, 6.07) is 8.93. The van der Waals surface area contributed by atoms with Crippen LogP contribution in [0.3, 0.4) is 0 Å². The van der Waals surface area contributed by atoms with Crippen LogP contribution in [-0.4, -0.2) is 18.1 Å². The van der Waals surface area contributed by atoms with E-state index >= 15 is 0 Å². The van der Waals surface area contributed by atoms with Crippen LogP contribution in [0.4, 0.5) is 0 Å². The number of aromatic amines is 1. The number of rotatable bonds is 2. The van der Waals surface area contributed by atoms with Crippen LogP contribution in [0.15, 0.2) is 47.4 Å². The van der Waals surface area contributed by atoms with Crippen molar-refractivity contribution in [2.45, 2.75) is 12.8 Å². The van der Waals surface area contributed by atoms with Gasteiger partial charge < -0.3 is 9.72 Å². The van der Waals surface area contributed by atoms with E-state index in [-0.39, 0.29) is 11.5 Å². The van der Waals surface area contributed by atoms with Crippen molar-refractivity contribution in [1.29, 1.82) is 0 Å². The lowest BCUT2D eigenvalue weighted by atomic mass is 9.86. The van der Waals surface area contributed by atoms with Crippen LogP contribution in [0.5, 0.6) is 0 Å². The summed E-state index contributed by atoms with van der Waals surface area (Å²) in [5.74, 6) is -0.343. The van der Waals surface area contributed by atoms with Gasteiger partial charge >= 0.3 is 5.97 Å². The maximum Gasteiger partial charge on any atom is 0.337 e. The molecule has 0 bridgehead atoms. The molecule has 2 aromatic rings. The maximum absolute atomic E-state index is 11.7. The number of hydrogen-bond donors (Lipinski definition) is 1. The molecule has 3 rings (SSSR count). The Morgan fingerprint density at radius 3 is 2.81 bits per heavy atom. The van der Waals surface area contributed by atoms with Crippen LogP contribution in [0.2, 0.25) is 0 Å². The third kappa shape index (κ3) is 2.52. The topological polar surface area (TPSA) is 59.2 Å². The molecule has 4 nitrogen and oxygen atoms in total. The monoisotopic (exact) mass is 281 g/mol. The van der Waals surface area contributed by atoms with Gasteiger partial charge in [0.05, 0.1) is 12.7 Å². The van der Waals surface area contributed by atoms with E-state index in [0.717, 1.165) is 29.5 Å². The van der Waals surface area contributed by atoms with Crippen LogP contribution >= 0.6 is 0 Å². The van der Waals surface area contributed by atoms with Gasteiger partial charge in [0.2, 0.25) is 5.56 Å². The summed E-state index contributed by atoms with van der Waals surface area (Å²) in [4.78, 5) is 25.6. The zero-order chi connectivity index (χ0) is 14.8. The lowest BCUT2D eigenvalue weighted by molar-refractivity contribution is 0.0600. The predicted molar refractivity (Wildman–Crippen MR) is 80.2 cm³/mol. The van der Waals surface area contributed by atoms with E-state index in [4.69, 9.17) is 4.74 Å². The first-order valence-electron chi connectivity index (χ1n) is 6.80. The molecule has 1 heterocycles. The molecule has 0 atom stereocenters. The Bertz CT molecular complexity index is 766. The minimum Gasteiger partial charge on any atom is -0.465 e. The smallest absolute Gasteiger partial charge is 0.337 e. The van der Waals surface area contributed by atoms with E-state index in [0.29, 0.717) is 5.56 Å². The summed E-state index contributed by atoms with van der Waals surface area (Å²) in [6.07, 6.45) is 5.73. The van der Waals surface area contributed by atoms with Crippen LogP contribution in [-0.2, 0) is 11.2 Å².